The molecular formula is C15H10O7. The smallest absolute Gasteiger partial charge is 0.235 e. The molecule has 112 valence electrons. The number of hydrogen-bond donors (Lipinski definition) is 5. The van der Waals surface area contributed by atoms with Crippen molar-refractivity contribution >= 4 is 11.9 Å². The van der Waals surface area contributed by atoms with Gasteiger partial charge in [-0.2, -0.15) is 0 Å². The molecule has 0 radical (unpaired) electrons. The number of carbonyl (C=O) groups is 1. The summed E-state index contributed by atoms with van der Waals surface area (Å²) in [6.07, 6.45) is 1.22. The van der Waals surface area contributed by atoms with E-state index in [2.05, 4.69) is 0 Å². The molecule has 1 aliphatic rings. The molecule has 7 heteroatoms. The van der Waals surface area contributed by atoms with E-state index < -0.39 is 28.8 Å². The number of phenols is 5. The molecule has 0 spiro atoms. The number of carbonyl (C=O) groups excluding carboxylic acids is 1. The van der Waals surface area contributed by atoms with Crippen LogP contribution >= 0.6 is 0 Å². The highest BCUT2D eigenvalue weighted by Gasteiger charge is 2.31. The van der Waals surface area contributed by atoms with Crippen molar-refractivity contribution in [2.75, 3.05) is 0 Å². The van der Waals surface area contributed by atoms with Crippen molar-refractivity contribution in [3.8, 4) is 34.5 Å². The molecule has 2 aromatic rings. The summed E-state index contributed by atoms with van der Waals surface area (Å²) in [5, 5.41) is 47.2. The van der Waals surface area contributed by atoms with Crippen LogP contribution in [-0.4, -0.2) is 31.3 Å². The minimum atomic E-state index is -0.674. The van der Waals surface area contributed by atoms with Crippen LogP contribution in [0.4, 0.5) is 0 Å². The fraction of sp³-hybridized carbons (Fsp3) is 0. The zero-order valence-electron chi connectivity index (χ0n) is 10.9. The fourth-order valence-corrected chi connectivity index (χ4v) is 2.14. The van der Waals surface area contributed by atoms with Gasteiger partial charge in [0.2, 0.25) is 5.78 Å². The second kappa shape index (κ2) is 4.59. The van der Waals surface area contributed by atoms with Gasteiger partial charge in [-0.15, -0.1) is 0 Å². The molecule has 0 atom stereocenters. The van der Waals surface area contributed by atoms with Crippen molar-refractivity contribution in [3.05, 3.63) is 41.2 Å². The van der Waals surface area contributed by atoms with Crippen LogP contribution in [0.1, 0.15) is 15.9 Å². The number of ether oxygens (including phenoxy) is 1. The minimum absolute atomic E-state index is 0.000900. The van der Waals surface area contributed by atoms with E-state index in [1.807, 2.05) is 0 Å². The van der Waals surface area contributed by atoms with Gasteiger partial charge >= 0.3 is 0 Å². The Morgan fingerprint density at radius 3 is 2.14 bits per heavy atom. The number of hydrogen-bond acceptors (Lipinski definition) is 7. The van der Waals surface area contributed by atoms with Gasteiger partial charge in [0.1, 0.15) is 22.8 Å². The normalized spacial score (nSPS) is 14.9. The minimum Gasteiger partial charge on any atom is -0.508 e. The highest BCUT2D eigenvalue weighted by atomic mass is 16.5. The predicted molar refractivity (Wildman–Crippen MR) is 74.1 cm³/mol. The molecule has 5 N–H and O–H groups in total. The molecule has 0 aromatic heterocycles. The third kappa shape index (κ3) is 2.05. The van der Waals surface area contributed by atoms with Gasteiger partial charge < -0.3 is 30.3 Å². The molecular weight excluding hydrogens is 292 g/mol. The van der Waals surface area contributed by atoms with Crippen LogP contribution in [0.3, 0.4) is 0 Å². The average Bonchev–Trinajstić information content (AvgIpc) is 2.72. The maximum absolute atomic E-state index is 12.2. The Labute approximate surface area is 123 Å². The van der Waals surface area contributed by atoms with E-state index in [1.165, 1.54) is 12.1 Å². The van der Waals surface area contributed by atoms with Gasteiger partial charge in [0.15, 0.2) is 23.0 Å². The first-order valence-corrected chi connectivity index (χ1v) is 6.12. The van der Waals surface area contributed by atoms with Crippen LogP contribution in [0, 0.1) is 0 Å². The number of allylic oxidation sites excluding steroid dienone is 1. The van der Waals surface area contributed by atoms with Crippen molar-refractivity contribution < 1.29 is 35.1 Å². The summed E-state index contributed by atoms with van der Waals surface area (Å²) in [5.41, 5.74) is 0.115. The van der Waals surface area contributed by atoms with E-state index in [0.717, 1.165) is 18.2 Å². The summed E-state index contributed by atoms with van der Waals surface area (Å²) in [6, 6.07) is 4.44. The zero-order chi connectivity index (χ0) is 16.0. The summed E-state index contributed by atoms with van der Waals surface area (Å²) in [6.45, 7) is 0. The van der Waals surface area contributed by atoms with Crippen molar-refractivity contribution in [2.24, 2.45) is 0 Å². The first kappa shape index (κ1) is 13.6. The molecule has 7 nitrogen and oxygen atoms in total. The van der Waals surface area contributed by atoms with Gasteiger partial charge in [0.05, 0.1) is 0 Å². The molecule has 22 heavy (non-hydrogen) atoms. The average molecular weight is 302 g/mol. The highest BCUT2D eigenvalue weighted by molar-refractivity contribution is 6.16. The summed E-state index contributed by atoms with van der Waals surface area (Å²) in [5.74, 6) is -3.25. The van der Waals surface area contributed by atoms with Gasteiger partial charge in [-0.25, -0.2) is 0 Å². The maximum atomic E-state index is 12.2. The molecule has 0 saturated heterocycles. The lowest BCUT2D eigenvalue weighted by Crippen LogP contribution is -1.98. The van der Waals surface area contributed by atoms with E-state index >= 15 is 0 Å². The topological polar surface area (TPSA) is 127 Å². The maximum Gasteiger partial charge on any atom is 0.235 e. The first-order valence-electron chi connectivity index (χ1n) is 6.12. The van der Waals surface area contributed by atoms with Gasteiger partial charge in [-0.3, -0.25) is 4.79 Å². The van der Waals surface area contributed by atoms with E-state index in [1.54, 1.807) is 0 Å². The molecule has 0 unspecified atom stereocenters. The SMILES string of the molecule is O=C1/C(=C\c2cc(O)c(O)c(O)c2)Oc2cc(O)cc(O)c21. The number of fused-ring (bicyclic) bond motifs is 1. The number of rotatable bonds is 1. The number of phenolic OH excluding ortho intramolecular Hbond substituents is 5. The van der Waals surface area contributed by atoms with E-state index in [0.29, 0.717) is 0 Å². The third-order valence-corrected chi connectivity index (χ3v) is 3.13. The fourth-order valence-electron chi connectivity index (χ4n) is 2.14. The molecule has 1 heterocycles. The van der Waals surface area contributed by atoms with Crippen molar-refractivity contribution in [3.63, 3.8) is 0 Å². The van der Waals surface area contributed by atoms with Gasteiger partial charge in [0, 0.05) is 12.1 Å². The Balaban J connectivity index is 2.05. The summed E-state index contributed by atoms with van der Waals surface area (Å²) < 4.78 is 5.26. The van der Waals surface area contributed by atoms with E-state index in [4.69, 9.17) is 4.74 Å². The Kier molecular flexibility index (Phi) is 2.84. The standard InChI is InChI=1S/C15H10O7/c16-7-4-8(17)13-11(5-7)22-12(15(13)21)3-6-1-9(18)14(20)10(19)2-6/h1-5,16-20H/b12-3+. The molecule has 2 aromatic carbocycles. The summed E-state index contributed by atoms with van der Waals surface area (Å²) >= 11 is 0. The molecule has 0 aliphatic carbocycles. The van der Waals surface area contributed by atoms with Crippen LogP contribution in [-0.2, 0) is 0 Å². The summed E-state index contributed by atoms with van der Waals surface area (Å²) in [7, 11) is 0. The summed E-state index contributed by atoms with van der Waals surface area (Å²) in [4.78, 5) is 12.2. The quantitative estimate of drug-likeness (QED) is 0.401. The predicted octanol–water partition coefficient (Wildman–Crippen LogP) is 1.83. The number of Topliss-reactive ketones (excluding diaryl/α,β-unsaturated/α-hetero) is 1. The Morgan fingerprint density at radius 1 is 0.864 bits per heavy atom. The van der Waals surface area contributed by atoms with E-state index in [-0.39, 0.29) is 28.4 Å². The first-order chi connectivity index (χ1) is 10.4. The largest absolute Gasteiger partial charge is 0.508 e. The Bertz CT molecular complexity index is 813. The molecule has 0 fully saturated rings. The van der Waals surface area contributed by atoms with Gasteiger partial charge in [-0.1, -0.05) is 0 Å². The second-order valence-electron chi connectivity index (χ2n) is 4.69. The van der Waals surface area contributed by atoms with Gasteiger partial charge in [-0.05, 0) is 23.8 Å². The Morgan fingerprint density at radius 2 is 1.50 bits per heavy atom. The lowest BCUT2D eigenvalue weighted by Gasteiger charge is -2.03. The van der Waals surface area contributed by atoms with Crippen LogP contribution in [0.25, 0.3) is 6.08 Å². The molecule has 0 saturated carbocycles. The van der Waals surface area contributed by atoms with E-state index in [9.17, 15) is 30.3 Å². The zero-order valence-corrected chi connectivity index (χ0v) is 10.9. The van der Waals surface area contributed by atoms with Crippen LogP contribution in [0.5, 0.6) is 34.5 Å². The molecule has 1 aliphatic heterocycles. The lowest BCUT2D eigenvalue weighted by atomic mass is 10.1. The molecule has 0 bridgehead atoms. The third-order valence-electron chi connectivity index (χ3n) is 3.13. The van der Waals surface area contributed by atoms with Crippen molar-refractivity contribution in [1.82, 2.24) is 0 Å². The highest BCUT2D eigenvalue weighted by Crippen LogP contribution is 2.41. The lowest BCUT2D eigenvalue weighted by molar-refractivity contribution is 0.101. The Hall–Kier alpha value is -3.35. The number of benzene rings is 2. The molecule has 3 rings (SSSR count). The molecule has 0 amide bonds. The van der Waals surface area contributed by atoms with Crippen LogP contribution < -0.4 is 4.74 Å². The second-order valence-corrected chi connectivity index (χ2v) is 4.69. The van der Waals surface area contributed by atoms with Crippen LogP contribution in [0.2, 0.25) is 0 Å². The number of ketones is 1. The van der Waals surface area contributed by atoms with Crippen molar-refractivity contribution in [1.29, 1.82) is 0 Å². The van der Waals surface area contributed by atoms with Crippen molar-refractivity contribution in [2.45, 2.75) is 0 Å². The van der Waals surface area contributed by atoms with Crippen LogP contribution in [0.15, 0.2) is 30.0 Å². The monoisotopic (exact) mass is 302 g/mol. The van der Waals surface area contributed by atoms with Gasteiger partial charge in [0.25, 0.3) is 0 Å². The number of aromatic hydroxyl groups is 5.